The Morgan fingerprint density at radius 1 is 0.955 bits per heavy atom. The van der Waals surface area contributed by atoms with Crippen LogP contribution < -0.4 is 0 Å². The summed E-state index contributed by atoms with van der Waals surface area (Å²) in [5.41, 5.74) is 4.74. The third-order valence-corrected chi connectivity index (χ3v) is 4.10. The van der Waals surface area contributed by atoms with Crippen LogP contribution in [0.15, 0.2) is 59.6 Å². The van der Waals surface area contributed by atoms with Crippen molar-refractivity contribution < 1.29 is 4.79 Å². The summed E-state index contributed by atoms with van der Waals surface area (Å²) in [7, 11) is 0. The van der Waals surface area contributed by atoms with Crippen molar-refractivity contribution in [3.63, 3.8) is 0 Å². The monoisotopic (exact) mass is 288 g/mol. The molecule has 0 aromatic heterocycles. The maximum atomic E-state index is 12.9. The number of aliphatic imine (C=N–C) groups is 1. The number of benzene rings is 2. The van der Waals surface area contributed by atoms with Gasteiger partial charge in [-0.15, -0.1) is 0 Å². The normalized spacial score (nSPS) is 16.0. The lowest BCUT2D eigenvalue weighted by atomic mass is 9.97. The van der Waals surface area contributed by atoms with Crippen molar-refractivity contribution in [1.82, 2.24) is 4.90 Å². The summed E-state index contributed by atoms with van der Waals surface area (Å²) in [6.45, 7) is 2.78. The van der Waals surface area contributed by atoms with Crippen LogP contribution in [0.4, 0.5) is 5.69 Å². The lowest BCUT2D eigenvalue weighted by Crippen LogP contribution is -2.31. The second kappa shape index (κ2) is 4.95. The molecular formula is C19H16N2O. The highest BCUT2D eigenvalue weighted by atomic mass is 16.2. The van der Waals surface area contributed by atoms with E-state index in [9.17, 15) is 4.79 Å². The van der Waals surface area contributed by atoms with E-state index in [1.54, 1.807) is 0 Å². The van der Waals surface area contributed by atoms with E-state index in [0.717, 1.165) is 40.2 Å². The van der Waals surface area contributed by atoms with Gasteiger partial charge in [0.05, 0.1) is 11.3 Å². The predicted octanol–water partition coefficient (Wildman–Crippen LogP) is 3.89. The SMILES string of the molecule is CCCN1C(=O)C(c2ccccc2)=C2C1=Nc1ccccc12. The van der Waals surface area contributed by atoms with Gasteiger partial charge in [-0.25, -0.2) is 4.99 Å². The number of para-hydroxylation sites is 1. The Labute approximate surface area is 129 Å². The van der Waals surface area contributed by atoms with Gasteiger partial charge in [0.15, 0.2) is 0 Å². The molecule has 0 saturated carbocycles. The van der Waals surface area contributed by atoms with Gasteiger partial charge in [0.25, 0.3) is 5.91 Å². The number of carbonyl (C=O) groups is 1. The van der Waals surface area contributed by atoms with Gasteiger partial charge in [-0.3, -0.25) is 9.69 Å². The number of hydrogen-bond donors (Lipinski definition) is 0. The fraction of sp³-hybridized carbons (Fsp3) is 0.158. The van der Waals surface area contributed by atoms with Crippen LogP contribution in [0, 0.1) is 0 Å². The minimum atomic E-state index is 0.0660. The molecule has 0 bridgehead atoms. The van der Waals surface area contributed by atoms with Crippen molar-refractivity contribution in [2.45, 2.75) is 13.3 Å². The van der Waals surface area contributed by atoms with Gasteiger partial charge < -0.3 is 0 Å². The molecule has 0 spiro atoms. The highest BCUT2D eigenvalue weighted by molar-refractivity contribution is 6.52. The summed E-state index contributed by atoms with van der Waals surface area (Å²) < 4.78 is 0. The van der Waals surface area contributed by atoms with Crippen molar-refractivity contribution in [2.24, 2.45) is 4.99 Å². The molecule has 2 aliphatic rings. The summed E-state index contributed by atoms with van der Waals surface area (Å²) in [4.78, 5) is 19.4. The largest absolute Gasteiger partial charge is 0.292 e. The van der Waals surface area contributed by atoms with Crippen LogP contribution in [0.1, 0.15) is 24.5 Å². The van der Waals surface area contributed by atoms with Crippen molar-refractivity contribution in [2.75, 3.05) is 6.54 Å². The minimum Gasteiger partial charge on any atom is -0.292 e. The number of hydrogen-bond acceptors (Lipinski definition) is 2. The quantitative estimate of drug-likeness (QED) is 0.843. The number of fused-ring (bicyclic) bond motifs is 3. The number of amides is 1. The first-order valence-electron chi connectivity index (χ1n) is 7.61. The van der Waals surface area contributed by atoms with Gasteiger partial charge in [-0.05, 0) is 18.1 Å². The van der Waals surface area contributed by atoms with Crippen LogP contribution in [0.5, 0.6) is 0 Å². The molecule has 0 aliphatic carbocycles. The van der Waals surface area contributed by atoms with Gasteiger partial charge in [-0.2, -0.15) is 0 Å². The molecule has 108 valence electrons. The molecule has 2 aromatic carbocycles. The van der Waals surface area contributed by atoms with E-state index >= 15 is 0 Å². The highest BCUT2D eigenvalue weighted by Gasteiger charge is 2.40. The van der Waals surface area contributed by atoms with E-state index in [2.05, 4.69) is 6.92 Å². The molecule has 3 nitrogen and oxygen atoms in total. The van der Waals surface area contributed by atoms with Gasteiger partial charge in [-0.1, -0.05) is 55.5 Å². The summed E-state index contributed by atoms with van der Waals surface area (Å²) in [6, 6.07) is 17.9. The fourth-order valence-electron chi connectivity index (χ4n) is 3.16. The van der Waals surface area contributed by atoms with Crippen LogP contribution >= 0.6 is 0 Å². The van der Waals surface area contributed by atoms with E-state index in [1.165, 1.54) is 0 Å². The van der Waals surface area contributed by atoms with E-state index in [4.69, 9.17) is 4.99 Å². The summed E-state index contributed by atoms with van der Waals surface area (Å²) in [6.07, 6.45) is 0.913. The van der Waals surface area contributed by atoms with Crippen molar-refractivity contribution in [3.8, 4) is 0 Å². The maximum absolute atomic E-state index is 12.9. The second-order valence-corrected chi connectivity index (χ2v) is 5.53. The first-order valence-corrected chi connectivity index (χ1v) is 7.61. The van der Waals surface area contributed by atoms with E-state index in [-0.39, 0.29) is 5.91 Å². The first-order chi connectivity index (χ1) is 10.8. The average Bonchev–Trinajstić information content (AvgIpc) is 3.04. The smallest absolute Gasteiger partial charge is 0.260 e. The number of nitrogens with zero attached hydrogens (tertiary/aromatic N) is 2. The summed E-state index contributed by atoms with van der Waals surface area (Å²) in [5.74, 6) is 0.878. The molecule has 4 rings (SSSR count). The molecule has 0 atom stereocenters. The van der Waals surface area contributed by atoms with E-state index in [1.807, 2.05) is 59.5 Å². The Kier molecular flexibility index (Phi) is 2.93. The van der Waals surface area contributed by atoms with Crippen LogP contribution in [0.25, 0.3) is 11.1 Å². The molecule has 0 saturated heterocycles. The lowest BCUT2D eigenvalue weighted by Gasteiger charge is -2.15. The van der Waals surface area contributed by atoms with E-state index in [0.29, 0.717) is 6.54 Å². The molecule has 0 unspecified atom stereocenters. The summed E-state index contributed by atoms with van der Waals surface area (Å²) >= 11 is 0. The molecule has 1 amide bonds. The topological polar surface area (TPSA) is 32.7 Å². The van der Waals surface area contributed by atoms with Crippen LogP contribution in [-0.2, 0) is 4.79 Å². The zero-order valence-electron chi connectivity index (χ0n) is 12.4. The Balaban J connectivity index is 1.96. The number of rotatable bonds is 3. The molecule has 0 radical (unpaired) electrons. The molecule has 2 heterocycles. The van der Waals surface area contributed by atoms with Crippen LogP contribution in [0.3, 0.4) is 0 Å². The Hall–Kier alpha value is -2.68. The number of amidine groups is 1. The standard InChI is InChI=1S/C19H16N2O/c1-2-12-21-18-17(14-10-6-7-11-15(14)20-18)16(19(21)22)13-8-4-3-5-9-13/h3-11H,2,12H2,1H3. The molecule has 2 aromatic rings. The molecule has 22 heavy (non-hydrogen) atoms. The van der Waals surface area contributed by atoms with Crippen molar-refractivity contribution >= 4 is 28.6 Å². The maximum Gasteiger partial charge on any atom is 0.260 e. The zero-order valence-corrected chi connectivity index (χ0v) is 12.4. The van der Waals surface area contributed by atoms with Gasteiger partial charge in [0, 0.05) is 17.7 Å². The Bertz CT molecular complexity index is 818. The van der Waals surface area contributed by atoms with E-state index < -0.39 is 0 Å². The average molecular weight is 288 g/mol. The second-order valence-electron chi connectivity index (χ2n) is 5.53. The third kappa shape index (κ3) is 1.75. The molecule has 2 aliphatic heterocycles. The summed E-state index contributed by atoms with van der Waals surface area (Å²) in [5, 5.41) is 0. The Morgan fingerprint density at radius 3 is 2.45 bits per heavy atom. The molecular weight excluding hydrogens is 272 g/mol. The fourth-order valence-corrected chi connectivity index (χ4v) is 3.16. The molecule has 0 N–H and O–H groups in total. The Morgan fingerprint density at radius 2 is 1.68 bits per heavy atom. The minimum absolute atomic E-state index is 0.0660. The zero-order chi connectivity index (χ0) is 15.1. The first kappa shape index (κ1) is 13.0. The van der Waals surface area contributed by atoms with Crippen LogP contribution in [0.2, 0.25) is 0 Å². The molecule has 3 heteroatoms. The van der Waals surface area contributed by atoms with Crippen molar-refractivity contribution in [3.05, 3.63) is 65.7 Å². The van der Waals surface area contributed by atoms with Gasteiger partial charge >= 0.3 is 0 Å². The predicted molar refractivity (Wildman–Crippen MR) is 88.8 cm³/mol. The lowest BCUT2D eigenvalue weighted by molar-refractivity contribution is -0.121. The van der Waals surface area contributed by atoms with Gasteiger partial charge in [0.2, 0.25) is 0 Å². The van der Waals surface area contributed by atoms with Crippen molar-refractivity contribution in [1.29, 1.82) is 0 Å². The third-order valence-electron chi connectivity index (χ3n) is 4.10. The molecule has 0 fully saturated rings. The van der Waals surface area contributed by atoms with Crippen LogP contribution in [-0.4, -0.2) is 23.2 Å². The number of carbonyl (C=O) groups excluding carboxylic acids is 1. The van der Waals surface area contributed by atoms with Gasteiger partial charge in [0.1, 0.15) is 5.84 Å². The highest BCUT2D eigenvalue weighted by Crippen LogP contribution is 2.44.